The number of fused-ring (bicyclic) bond motifs is 2. The van der Waals surface area contributed by atoms with Crippen LogP contribution in [0.1, 0.15) is 141 Å². The fourth-order valence-corrected chi connectivity index (χ4v) is 10.9. The first-order valence-corrected chi connectivity index (χ1v) is 32.6. The van der Waals surface area contributed by atoms with Crippen molar-refractivity contribution in [1.29, 1.82) is 0 Å². The van der Waals surface area contributed by atoms with Crippen LogP contribution in [0.5, 0.6) is 0 Å². The molecule has 6 aromatic rings. The van der Waals surface area contributed by atoms with Gasteiger partial charge in [-0.25, -0.2) is 29.5 Å². The molecule has 4 amide bonds. The predicted octanol–water partition coefficient (Wildman–Crippen LogP) is -0.532. The number of carboxylic acids is 2. The average molecular weight is 1400 g/mol. The number of aromatic amines is 2. The van der Waals surface area contributed by atoms with Gasteiger partial charge in [-0.15, -0.1) is 0 Å². The Kier molecular flexibility index (Phi) is 27.8. The van der Waals surface area contributed by atoms with Crippen LogP contribution < -0.4 is 54.5 Å². The van der Waals surface area contributed by atoms with Crippen molar-refractivity contribution < 1.29 is 88.3 Å². The molecule has 0 radical (unpaired) electrons. The molecular weight excluding hydrogens is 1310 g/mol. The average Bonchev–Trinajstić information content (AvgIpc) is 0.796. The number of ketones is 2. The topological polar surface area (TPSA) is 573 Å². The van der Waals surface area contributed by atoms with Crippen LogP contribution in [0.15, 0.2) is 70.5 Å². The van der Waals surface area contributed by atoms with Gasteiger partial charge in [-0.1, -0.05) is 25.7 Å². The summed E-state index contributed by atoms with van der Waals surface area (Å²) in [6.07, 6.45) is -7.30. The molecular formula is C64H82N16O20. The van der Waals surface area contributed by atoms with Crippen molar-refractivity contribution in [1.82, 2.24) is 61.1 Å². The van der Waals surface area contributed by atoms with Gasteiger partial charge in [0.2, 0.25) is 23.7 Å². The standard InChI is InChI=1S/C64H82N16O20/c65-63-77-53-47(57(91)79-63)73-36(28-71-53)26-67-34-17-13-32(14-18-34)55(89)75-41(59(93)94)23-21-38(81)9-5-1-3-7-11-45(84)69-30-40-25-43(83)49(86)62(98-40)100-52-44(99-61(97)51(88)50(52)87)31-70-46(85)12-8-4-2-6-10-39(82)22-24-42(60(95)96)76-56(90)33-15-19-35(20-16-33)68-27-37-29-72-54-48(74-37)58(92)80-64(66)78-54/h13-20,28-29,40-44,49-52,61-62,67-68,83,86-88,97H,1-12,21-27,30-31H2,(H,69,84)(H,70,85)(H,75,89)(H,76,90)(H,93,94)(H,95,96)(H3,65,71,77,79,91)(H3,66,72,78,80,92)/t40?,41?,42?,43?,44?,49-,50+,51?,52+,61-,62+/m0/s1. The van der Waals surface area contributed by atoms with Gasteiger partial charge >= 0.3 is 11.9 Å². The summed E-state index contributed by atoms with van der Waals surface area (Å²) in [6, 6.07) is 9.66. The van der Waals surface area contributed by atoms with Gasteiger partial charge < -0.3 is 93.3 Å². The first kappa shape index (κ1) is 75.7. The van der Waals surface area contributed by atoms with E-state index in [-0.39, 0.29) is 147 Å². The number of hydrogen-bond donors (Lipinski definition) is 17. The Bertz CT molecular complexity index is 3960. The summed E-state index contributed by atoms with van der Waals surface area (Å²) in [5.41, 5.74) is 12.6. The highest BCUT2D eigenvalue weighted by Gasteiger charge is 2.48. The Morgan fingerprint density at radius 1 is 0.550 bits per heavy atom. The number of nitrogens with two attached hydrogens (primary N) is 2. The number of benzene rings is 2. The number of hydrogen-bond acceptors (Lipinski definition) is 28. The summed E-state index contributed by atoms with van der Waals surface area (Å²) in [6.45, 7) is -0.107. The molecule has 0 spiro atoms. The van der Waals surface area contributed by atoms with Crippen molar-refractivity contribution in [2.45, 2.75) is 190 Å². The van der Waals surface area contributed by atoms with Crippen molar-refractivity contribution in [2.75, 3.05) is 35.2 Å². The summed E-state index contributed by atoms with van der Waals surface area (Å²) in [5, 5.41) is 89.5. The minimum absolute atomic E-state index is 0.0166. The predicted molar refractivity (Wildman–Crippen MR) is 353 cm³/mol. The number of unbranched alkanes of at least 4 members (excludes halogenated alkanes) is 6. The lowest BCUT2D eigenvalue weighted by molar-refractivity contribution is -0.339. The molecule has 100 heavy (non-hydrogen) atoms. The molecule has 36 nitrogen and oxygen atoms in total. The Hall–Kier alpha value is -10.1. The minimum atomic E-state index is -1.89. The van der Waals surface area contributed by atoms with Crippen LogP contribution in [-0.2, 0) is 56.1 Å². The molecule has 6 heterocycles. The summed E-state index contributed by atoms with van der Waals surface area (Å²) in [5.74, 6) is -5.33. The zero-order valence-corrected chi connectivity index (χ0v) is 54.2. The number of amides is 4. The molecule has 0 saturated carbocycles. The van der Waals surface area contributed by atoms with Crippen molar-refractivity contribution in [3.05, 3.63) is 104 Å². The van der Waals surface area contributed by atoms with Gasteiger partial charge in [0.15, 0.2) is 34.9 Å². The Balaban J connectivity index is 0.659. The van der Waals surface area contributed by atoms with E-state index in [2.05, 4.69) is 71.8 Å². The normalized spacial score (nSPS) is 20.4. The van der Waals surface area contributed by atoms with Gasteiger partial charge in [-0.3, -0.25) is 48.3 Å². The van der Waals surface area contributed by atoms with Crippen LogP contribution >= 0.6 is 0 Å². The van der Waals surface area contributed by atoms with E-state index in [1.807, 2.05) is 0 Å². The number of anilines is 4. The van der Waals surface area contributed by atoms with Gasteiger partial charge in [0.05, 0.1) is 49.1 Å². The number of carbonyl (C=O) groups excluding carboxylic acids is 6. The Morgan fingerprint density at radius 3 is 1.44 bits per heavy atom. The molecule has 2 aliphatic rings. The quantitative estimate of drug-likeness (QED) is 0.0217. The lowest BCUT2D eigenvalue weighted by Crippen LogP contribution is -2.63. The highest BCUT2D eigenvalue weighted by atomic mass is 16.7. The van der Waals surface area contributed by atoms with Gasteiger partial charge in [0.1, 0.15) is 54.2 Å². The van der Waals surface area contributed by atoms with E-state index < -0.39 is 108 Å². The van der Waals surface area contributed by atoms with E-state index in [0.29, 0.717) is 74.1 Å². The third-order valence-corrected chi connectivity index (χ3v) is 16.5. The van der Waals surface area contributed by atoms with Gasteiger partial charge in [-0.2, -0.15) is 9.97 Å². The largest absolute Gasteiger partial charge is 0.480 e. The molecule has 2 aromatic carbocycles. The number of carboxylic acid groups (broad SMARTS) is 2. The minimum Gasteiger partial charge on any atom is -0.480 e. The van der Waals surface area contributed by atoms with E-state index in [0.717, 1.165) is 0 Å². The fourth-order valence-electron chi connectivity index (χ4n) is 10.9. The second-order valence-electron chi connectivity index (χ2n) is 24.2. The van der Waals surface area contributed by atoms with Crippen LogP contribution in [-0.4, -0.2) is 203 Å². The molecule has 36 heteroatoms. The summed E-state index contributed by atoms with van der Waals surface area (Å²) < 4.78 is 17.3. The lowest BCUT2D eigenvalue weighted by atomic mass is 9.97. The number of nitrogens with zero attached hydrogens (tertiary/aromatic N) is 6. The maximum atomic E-state index is 13.0. The van der Waals surface area contributed by atoms with Gasteiger partial charge in [-0.05, 0) is 87.1 Å². The number of nitrogens with one attached hydrogen (secondary N) is 8. The number of ether oxygens (including phenoxy) is 3. The maximum Gasteiger partial charge on any atom is 0.326 e. The van der Waals surface area contributed by atoms with Crippen LogP contribution in [0.3, 0.4) is 0 Å². The number of rotatable bonds is 38. The van der Waals surface area contributed by atoms with Gasteiger partial charge in [0, 0.05) is 80.5 Å². The third kappa shape index (κ3) is 22.5. The smallest absolute Gasteiger partial charge is 0.326 e. The highest BCUT2D eigenvalue weighted by molar-refractivity contribution is 5.98. The molecule has 11 atom stereocenters. The third-order valence-electron chi connectivity index (χ3n) is 16.5. The molecule has 538 valence electrons. The molecule has 6 unspecified atom stereocenters. The molecule has 8 rings (SSSR count). The van der Waals surface area contributed by atoms with Crippen LogP contribution in [0.2, 0.25) is 0 Å². The Labute approximate surface area is 569 Å². The number of carbonyl (C=O) groups is 8. The zero-order valence-electron chi connectivity index (χ0n) is 54.2. The van der Waals surface area contributed by atoms with Crippen LogP contribution in [0.4, 0.5) is 23.3 Å². The molecule has 19 N–H and O–H groups in total. The number of aromatic nitrogens is 8. The van der Waals surface area contributed by atoms with E-state index >= 15 is 0 Å². The molecule has 4 aromatic heterocycles. The summed E-state index contributed by atoms with van der Waals surface area (Å²) in [4.78, 5) is 155. The Morgan fingerprint density at radius 2 is 0.990 bits per heavy atom. The van der Waals surface area contributed by atoms with E-state index in [1.165, 1.54) is 36.7 Å². The molecule has 0 bridgehead atoms. The maximum absolute atomic E-state index is 13.0. The van der Waals surface area contributed by atoms with E-state index in [9.17, 15) is 83.7 Å². The number of H-pyrrole nitrogens is 2. The number of aliphatic carboxylic acids is 2. The summed E-state index contributed by atoms with van der Waals surface area (Å²) in [7, 11) is 0. The lowest BCUT2D eigenvalue weighted by Gasteiger charge is -2.44. The van der Waals surface area contributed by atoms with Crippen molar-refractivity contribution in [3.63, 3.8) is 0 Å². The SMILES string of the molecule is Nc1nc2ncc(CNc3ccc(C(=O)NC(CCC(=O)CCCCCCC(=O)NCC4CC(O)[C@H](O)[C@@H](O[C@@H]5C(CNC(=O)CCCCCCC(=O)CCC(NC(=O)c6ccc(NCc7cnc8nc(N)[nH]c(=O)c8n7)cc6)C(=O)O)O[C@H](O)C(O)[C@H]5O)O4)C(=O)O)cc3)nc2c(=O)[nH]1. The van der Waals surface area contributed by atoms with Crippen LogP contribution in [0, 0.1) is 0 Å². The number of aliphatic hydroxyl groups excluding tert-OH is 5. The second-order valence-corrected chi connectivity index (χ2v) is 24.2. The van der Waals surface area contributed by atoms with Crippen molar-refractivity contribution >= 4 is 92.7 Å². The molecule has 2 aliphatic heterocycles. The van der Waals surface area contributed by atoms with Crippen molar-refractivity contribution in [2.24, 2.45) is 0 Å². The monoisotopic (exact) mass is 1390 g/mol. The van der Waals surface area contributed by atoms with Crippen molar-refractivity contribution in [3.8, 4) is 0 Å². The van der Waals surface area contributed by atoms with Gasteiger partial charge in [0.25, 0.3) is 22.9 Å². The van der Waals surface area contributed by atoms with E-state index in [4.69, 9.17) is 25.7 Å². The number of aliphatic hydroxyl groups is 5. The first-order chi connectivity index (χ1) is 47.9. The molecule has 0 aliphatic carbocycles. The second kappa shape index (κ2) is 36.7. The van der Waals surface area contributed by atoms with E-state index in [1.54, 1.807) is 24.3 Å². The number of nitrogen functional groups attached to an aromatic ring is 2. The first-order valence-electron chi connectivity index (χ1n) is 32.6. The van der Waals surface area contributed by atoms with Crippen LogP contribution in [0.25, 0.3) is 22.3 Å². The zero-order chi connectivity index (χ0) is 72.0. The fraction of sp³-hybridized carbons (Fsp3) is 0.500. The molecule has 2 fully saturated rings. The summed E-state index contributed by atoms with van der Waals surface area (Å²) >= 11 is 0. The number of Topliss-reactive ketones (excluding diaryl/α,β-unsaturated/α-hetero) is 2. The molecule has 2 saturated heterocycles. The highest BCUT2D eigenvalue weighted by Crippen LogP contribution is 2.29.